The highest BCUT2D eigenvalue weighted by Crippen LogP contribution is 2.29. The first kappa shape index (κ1) is 11.9. The van der Waals surface area contributed by atoms with Crippen molar-refractivity contribution in [2.24, 2.45) is 5.92 Å². The Bertz CT molecular complexity index is 533. The summed E-state index contributed by atoms with van der Waals surface area (Å²) in [6.45, 7) is 6.39. The molecule has 0 saturated carbocycles. The molecule has 2 N–H and O–H groups in total. The summed E-state index contributed by atoms with van der Waals surface area (Å²) < 4.78 is 15.5. The Morgan fingerprint density at radius 3 is 2.76 bits per heavy atom. The van der Waals surface area contributed by atoms with E-state index in [2.05, 4.69) is 25.8 Å². The van der Waals surface area contributed by atoms with Crippen LogP contribution in [-0.4, -0.2) is 9.55 Å². The molecule has 1 aromatic carbocycles. The smallest absolute Gasteiger partial charge is 0.201 e. The molecule has 0 saturated heterocycles. The van der Waals surface area contributed by atoms with E-state index in [9.17, 15) is 4.39 Å². The third-order valence-corrected chi connectivity index (χ3v) is 3.57. The van der Waals surface area contributed by atoms with Gasteiger partial charge in [0, 0.05) is 6.04 Å². The number of nitrogens with two attached hydrogens (primary N) is 1. The predicted octanol–water partition coefficient (Wildman–Crippen LogP) is 3.36. The molecule has 2 atom stereocenters. The average Bonchev–Trinajstić information content (AvgIpc) is 2.65. The number of imidazole rings is 1. The molecule has 0 radical (unpaired) electrons. The van der Waals surface area contributed by atoms with Crippen LogP contribution in [0.5, 0.6) is 0 Å². The summed E-state index contributed by atoms with van der Waals surface area (Å²) in [5.41, 5.74) is 7.04. The Balaban J connectivity index is 2.61. The first-order valence-corrected chi connectivity index (χ1v) is 5.98. The van der Waals surface area contributed by atoms with E-state index in [0.29, 0.717) is 17.4 Å². The molecule has 2 unspecified atom stereocenters. The van der Waals surface area contributed by atoms with E-state index < -0.39 is 0 Å². The molecule has 4 heteroatoms. The molecule has 0 fully saturated rings. The Kier molecular flexibility index (Phi) is 3.05. The van der Waals surface area contributed by atoms with Crippen molar-refractivity contribution < 1.29 is 4.39 Å². The molecule has 2 aromatic rings. The molecule has 3 nitrogen and oxygen atoms in total. The minimum absolute atomic E-state index is 0.215. The summed E-state index contributed by atoms with van der Waals surface area (Å²) in [5, 5.41) is 0. The van der Waals surface area contributed by atoms with Crippen molar-refractivity contribution in [2.75, 3.05) is 5.73 Å². The quantitative estimate of drug-likeness (QED) is 0.886. The van der Waals surface area contributed by atoms with Crippen LogP contribution in [0.2, 0.25) is 0 Å². The summed E-state index contributed by atoms with van der Waals surface area (Å²) in [4.78, 5) is 4.12. The molecule has 0 spiro atoms. The Morgan fingerprint density at radius 2 is 2.12 bits per heavy atom. The second-order valence-electron chi connectivity index (χ2n) is 4.57. The van der Waals surface area contributed by atoms with Crippen LogP contribution in [0.15, 0.2) is 18.2 Å². The lowest BCUT2D eigenvalue weighted by Gasteiger charge is -2.21. The van der Waals surface area contributed by atoms with Crippen molar-refractivity contribution in [1.29, 1.82) is 0 Å². The second kappa shape index (κ2) is 4.35. The Hall–Kier alpha value is -1.58. The second-order valence-corrected chi connectivity index (χ2v) is 4.57. The van der Waals surface area contributed by atoms with Crippen LogP contribution in [-0.2, 0) is 0 Å². The van der Waals surface area contributed by atoms with Gasteiger partial charge in [-0.1, -0.05) is 26.3 Å². The molecule has 0 bridgehead atoms. The zero-order valence-corrected chi connectivity index (χ0v) is 10.4. The largest absolute Gasteiger partial charge is 0.369 e. The number of halogens is 1. The number of nitrogen functional groups attached to an aromatic ring is 1. The van der Waals surface area contributed by atoms with E-state index in [4.69, 9.17) is 5.73 Å². The maximum absolute atomic E-state index is 13.6. The van der Waals surface area contributed by atoms with Crippen molar-refractivity contribution in [3.8, 4) is 0 Å². The highest BCUT2D eigenvalue weighted by atomic mass is 19.1. The highest BCUT2D eigenvalue weighted by molar-refractivity contribution is 5.79. The SMILES string of the molecule is CCC(C)C(C)n1c(N)nc2c(F)cccc21. The molecular weight excluding hydrogens is 217 g/mol. The van der Waals surface area contributed by atoms with Gasteiger partial charge in [-0.25, -0.2) is 9.37 Å². The molecule has 0 amide bonds. The van der Waals surface area contributed by atoms with Crippen molar-refractivity contribution >= 4 is 17.0 Å². The molecule has 1 aromatic heterocycles. The average molecular weight is 235 g/mol. The normalized spacial score (nSPS) is 15.1. The number of rotatable bonds is 3. The van der Waals surface area contributed by atoms with Crippen molar-refractivity contribution in [3.63, 3.8) is 0 Å². The van der Waals surface area contributed by atoms with Crippen LogP contribution < -0.4 is 5.73 Å². The van der Waals surface area contributed by atoms with Gasteiger partial charge in [0.15, 0.2) is 5.82 Å². The van der Waals surface area contributed by atoms with E-state index in [0.717, 1.165) is 11.9 Å². The topological polar surface area (TPSA) is 43.8 Å². The fraction of sp³-hybridized carbons (Fsp3) is 0.462. The lowest BCUT2D eigenvalue weighted by Crippen LogP contribution is -2.15. The molecule has 17 heavy (non-hydrogen) atoms. The van der Waals surface area contributed by atoms with E-state index in [-0.39, 0.29) is 11.9 Å². The van der Waals surface area contributed by atoms with Gasteiger partial charge in [0.1, 0.15) is 5.52 Å². The minimum Gasteiger partial charge on any atom is -0.369 e. The van der Waals surface area contributed by atoms with Gasteiger partial charge in [0.25, 0.3) is 0 Å². The summed E-state index contributed by atoms with van der Waals surface area (Å²) in [6.07, 6.45) is 1.05. The van der Waals surface area contributed by atoms with E-state index >= 15 is 0 Å². The number of anilines is 1. The zero-order valence-electron chi connectivity index (χ0n) is 10.4. The van der Waals surface area contributed by atoms with E-state index in [1.807, 2.05) is 10.6 Å². The van der Waals surface area contributed by atoms with Crippen LogP contribution in [0, 0.1) is 11.7 Å². The van der Waals surface area contributed by atoms with Crippen LogP contribution in [0.4, 0.5) is 10.3 Å². The Morgan fingerprint density at radius 1 is 1.41 bits per heavy atom. The maximum atomic E-state index is 13.6. The minimum atomic E-state index is -0.315. The molecule has 2 rings (SSSR count). The molecule has 0 aliphatic rings. The predicted molar refractivity (Wildman–Crippen MR) is 68.3 cm³/mol. The third-order valence-electron chi connectivity index (χ3n) is 3.57. The summed E-state index contributed by atoms with van der Waals surface area (Å²) in [6, 6.07) is 5.18. The van der Waals surface area contributed by atoms with Crippen LogP contribution in [0.25, 0.3) is 11.0 Å². The van der Waals surface area contributed by atoms with Gasteiger partial charge in [-0.15, -0.1) is 0 Å². The number of benzene rings is 1. The summed E-state index contributed by atoms with van der Waals surface area (Å²) in [5.74, 6) is 0.542. The van der Waals surface area contributed by atoms with E-state index in [1.165, 1.54) is 6.07 Å². The fourth-order valence-electron chi connectivity index (χ4n) is 2.12. The van der Waals surface area contributed by atoms with Gasteiger partial charge >= 0.3 is 0 Å². The number of fused-ring (bicyclic) bond motifs is 1. The molecule has 1 heterocycles. The number of hydrogen-bond donors (Lipinski definition) is 1. The first-order valence-electron chi connectivity index (χ1n) is 5.98. The standard InChI is InChI=1S/C13H18FN3/c1-4-8(2)9(3)17-11-7-5-6-10(14)12(11)16-13(17)15/h5-9H,4H2,1-3H3,(H2,15,16). The van der Waals surface area contributed by atoms with Gasteiger partial charge in [0.2, 0.25) is 5.95 Å². The van der Waals surface area contributed by atoms with Gasteiger partial charge in [-0.3, -0.25) is 0 Å². The highest BCUT2D eigenvalue weighted by Gasteiger charge is 2.19. The van der Waals surface area contributed by atoms with Crippen LogP contribution in [0.3, 0.4) is 0 Å². The monoisotopic (exact) mass is 235 g/mol. The number of nitrogens with zero attached hydrogens (tertiary/aromatic N) is 2. The van der Waals surface area contributed by atoms with Crippen molar-refractivity contribution in [2.45, 2.75) is 33.2 Å². The molecule has 0 aliphatic heterocycles. The van der Waals surface area contributed by atoms with Crippen molar-refractivity contribution in [3.05, 3.63) is 24.0 Å². The number of aromatic nitrogens is 2. The lowest BCUT2D eigenvalue weighted by atomic mass is 10.0. The van der Waals surface area contributed by atoms with Gasteiger partial charge in [0.05, 0.1) is 5.52 Å². The summed E-state index contributed by atoms with van der Waals surface area (Å²) >= 11 is 0. The third kappa shape index (κ3) is 1.88. The van der Waals surface area contributed by atoms with Gasteiger partial charge in [-0.2, -0.15) is 0 Å². The first-order chi connectivity index (χ1) is 8.06. The molecular formula is C13H18FN3. The van der Waals surface area contributed by atoms with Gasteiger partial charge < -0.3 is 10.3 Å². The van der Waals surface area contributed by atoms with Crippen LogP contribution in [0.1, 0.15) is 33.2 Å². The lowest BCUT2D eigenvalue weighted by molar-refractivity contribution is 0.381. The van der Waals surface area contributed by atoms with Crippen LogP contribution >= 0.6 is 0 Å². The molecule has 0 aliphatic carbocycles. The molecule has 92 valence electrons. The summed E-state index contributed by atoms with van der Waals surface area (Å²) in [7, 11) is 0. The Labute approximate surface area is 100 Å². The van der Waals surface area contributed by atoms with Gasteiger partial charge in [-0.05, 0) is 25.0 Å². The maximum Gasteiger partial charge on any atom is 0.201 e. The van der Waals surface area contributed by atoms with Crippen molar-refractivity contribution in [1.82, 2.24) is 9.55 Å². The number of hydrogen-bond acceptors (Lipinski definition) is 2. The fourth-order valence-corrected chi connectivity index (χ4v) is 2.12. The number of para-hydroxylation sites is 1. The zero-order chi connectivity index (χ0) is 12.6. The van der Waals surface area contributed by atoms with E-state index in [1.54, 1.807) is 6.07 Å².